The summed E-state index contributed by atoms with van der Waals surface area (Å²) in [5, 5.41) is 0. The van der Waals surface area contributed by atoms with Gasteiger partial charge in [0, 0.05) is 6.61 Å². The van der Waals surface area contributed by atoms with Crippen LogP contribution in [0.1, 0.15) is 39.5 Å². The van der Waals surface area contributed by atoms with Gasteiger partial charge in [-0.15, -0.1) is 0 Å². The van der Waals surface area contributed by atoms with Crippen LogP contribution in [0.3, 0.4) is 0 Å². The Bertz CT molecular complexity index is 150. The van der Waals surface area contributed by atoms with E-state index in [4.69, 9.17) is 4.74 Å². The SMILES string of the molecule is CN(C)C(C)(C)OCCC1CCC1. The fourth-order valence-corrected chi connectivity index (χ4v) is 1.39. The third-order valence-electron chi connectivity index (χ3n) is 3.28. The topological polar surface area (TPSA) is 12.5 Å². The molecule has 0 spiro atoms. The zero-order chi connectivity index (χ0) is 9.90. The minimum Gasteiger partial charge on any atom is -0.361 e. The summed E-state index contributed by atoms with van der Waals surface area (Å²) in [5.41, 5.74) is -0.107. The summed E-state index contributed by atoms with van der Waals surface area (Å²) in [6, 6.07) is 0. The highest BCUT2D eigenvalue weighted by Crippen LogP contribution is 2.29. The van der Waals surface area contributed by atoms with E-state index >= 15 is 0 Å². The van der Waals surface area contributed by atoms with Gasteiger partial charge in [0.25, 0.3) is 0 Å². The van der Waals surface area contributed by atoms with Crippen LogP contribution in [0.25, 0.3) is 0 Å². The lowest BCUT2D eigenvalue weighted by Crippen LogP contribution is -2.41. The van der Waals surface area contributed by atoms with Crippen LogP contribution in [-0.2, 0) is 4.74 Å². The molecule has 0 N–H and O–H groups in total. The maximum Gasteiger partial charge on any atom is 0.115 e. The number of nitrogens with zero attached hydrogens (tertiary/aromatic N) is 1. The van der Waals surface area contributed by atoms with E-state index in [-0.39, 0.29) is 5.72 Å². The van der Waals surface area contributed by atoms with Crippen molar-refractivity contribution in [1.29, 1.82) is 0 Å². The summed E-state index contributed by atoms with van der Waals surface area (Å²) in [4.78, 5) is 2.12. The second kappa shape index (κ2) is 4.43. The molecule has 1 aliphatic rings. The molecule has 0 saturated heterocycles. The fraction of sp³-hybridized carbons (Fsp3) is 1.00. The Balaban J connectivity index is 2.09. The Morgan fingerprint density at radius 1 is 1.31 bits per heavy atom. The van der Waals surface area contributed by atoms with E-state index in [0.717, 1.165) is 12.5 Å². The molecule has 0 aromatic carbocycles. The molecule has 0 heterocycles. The van der Waals surface area contributed by atoms with Crippen molar-refractivity contribution < 1.29 is 4.74 Å². The second-order valence-corrected chi connectivity index (χ2v) is 4.78. The first kappa shape index (κ1) is 11.0. The molecule has 0 aliphatic heterocycles. The molecule has 78 valence electrons. The quantitative estimate of drug-likeness (QED) is 0.610. The Hall–Kier alpha value is -0.0800. The van der Waals surface area contributed by atoms with Crippen LogP contribution in [0.2, 0.25) is 0 Å². The summed E-state index contributed by atoms with van der Waals surface area (Å²) < 4.78 is 5.82. The molecule has 13 heavy (non-hydrogen) atoms. The van der Waals surface area contributed by atoms with Gasteiger partial charge in [-0.1, -0.05) is 19.3 Å². The van der Waals surface area contributed by atoms with Crippen LogP contribution >= 0.6 is 0 Å². The highest BCUT2D eigenvalue weighted by Gasteiger charge is 2.22. The van der Waals surface area contributed by atoms with Crippen molar-refractivity contribution in [3.63, 3.8) is 0 Å². The van der Waals surface area contributed by atoms with Gasteiger partial charge in [0.2, 0.25) is 0 Å². The number of hydrogen-bond acceptors (Lipinski definition) is 2. The van der Waals surface area contributed by atoms with Crippen molar-refractivity contribution in [2.24, 2.45) is 5.92 Å². The van der Waals surface area contributed by atoms with Crippen LogP contribution in [0.15, 0.2) is 0 Å². The van der Waals surface area contributed by atoms with Gasteiger partial charge in [-0.2, -0.15) is 0 Å². The van der Waals surface area contributed by atoms with Crippen LogP contribution < -0.4 is 0 Å². The Labute approximate surface area is 82.3 Å². The van der Waals surface area contributed by atoms with Gasteiger partial charge in [0.1, 0.15) is 5.72 Å². The third-order valence-corrected chi connectivity index (χ3v) is 3.28. The molecule has 2 nitrogen and oxygen atoms in total. The molecule has 2 heteroatoms. The zero-order valence-corrected chi connectivity index (χ0v) is 9.47. The smallest absolute Gasteiger partial charge is 0.115 e. The minimum absolute atomic E-state index is 0.107. The molecule has 0 amide bonds. The summed E-state index contributed by atoms with van der Waals surface area (Å²) in [5.74, 6) is 0.956. The molecule has 0 bridgehead atoms. The van der Waals surface area contributed by atoms with Gasteiger partial charge in [0.05, 0.1) is 0 Å². The largest absolute Gasteiger partial charge is 0.361 e. The van der Waals surface area contributed by atoms with Crippen molar-refractivity contribution in [2.45, 2.75) is 45.3 Å². The molecular weight excluding hydrogens is 162 g/mol. The molecule has 0 aromatic rings. The van der Waals surface area contributed by atoms with Gasteiger partial charge in [-0.3, -0.25) is 4.90 Å². The maximum atomic E-state index is 5.82. The van der Waals surface area contributed by atoms with Crippen molar-refractivity contribution in [3.8, 4) is 0 Å². The van der Waals surface area contributed by atoms with E-state index in [9.17, 15) is 0 Å². The first-order valence-corrected chi connectivity index (χ1v) is 5.34. The first-order valence-electron chi connectivity index (χ1n) is 5.34. The van der Waals surface area contributed by atoms with Crippen molar-refractivity contribution in [3.05, 3.63) is 0 Å². The van der Waals surface area contributed by atoms with Gasteiger partial charge < -0.3 is 4.74 Å². The van der Waals surface area contributed by atoms with Crippen LogP contribution in [0.4, 0.5) is 0 Å². The Morgan fingerprint density at radius 3 is 2.31 bits per heavy atom. The molecule has 0 radical (unpaired) electrons. The second-order valence-electron chi connectivity index (χ2n) is 4.78. The van der Waals surface area contributed by atoms with Crippen LogP contribution in [-0.4, -0.2) is 31.3 Å². The highest BCUT2D eigenvalue weighted by atomic mass is 16.5. The van der Waals surface area contributed by atoms with E-state index in [1.165, 1.54) is 25.7 Å². The summed E-state index contributed by atoms with van der Waals surface area (Å²) in [6.45, 7) is 5.15. The van der Waals surface area contributed by atoms with Gasteiger partial charge in [-0.25, -0.2) is 0 Å². The van der Waals surface area contributed by atoms with E-state index < -0.39 is 0 Å². The third kappa shape index (κ3) is 3.28. The molecule has 1 saturated carbocycles. The monoisotopic (exact) mass is 185 g/mol. The Kier molecular flexibility index (Phi) is 3.74. The standard InChI is InChI=1S/C11H23NO/c1-11(2,12(3)4)13-9-8-10-6-5-7-10/h10H,5-9H2,1-4H3. The number of hydrogen-bond donors (Lipinski definition) is 0. The number of rotatable bonds is 5. The molecule has 0 aromatic heterocycles. The lowest BCUT2D eigenvalue weighted by molar-refractivity contribution is -0.115. The van der Waals surface area contributed by atoms with Crippen molar-refractivity contribution >= 4 is 0 Å². The van der Waals surface area contributed by atoms with Crippen molar-refractivity contribution in [2.75, 3.05) is 20.7 Å². The van der Waals surface area contributed by atoms with Gasteiger partial charge in [-0.05, 0) is 40.3 Å². The molecule has 0 unspecified atom stereocenters. The molecule has 1 aliphatic carbocycles. The molecule has 1 rings (SSSR count). The Morgan fingerprint density at radius 2 is 1.92 bits per heavy atom. The molecular formula is C11H23NO. The van der Waals surface area contributed by atoms with Gasteiger partial charge in [0.15, 0.2) is 0 Å². The van der Waals surface area contributed by atoms with Crippen molar-refractivity contribution in [1.82, 2.24) is 4.90 Å². The zero-order valence-electron chi connectivity index (χ0n) is 9.47. The minimum atomic E-state index is -0.107. The lowest BCUT2D eigenvalue weighted by atomic mass is 9.83. The predicted molar refractivity (Wildman–Crippen MR) is 55.7 cm³/mol. The van der Waals surface area contributed by atoms with E-state index in [1.54, 1.807) is 0 Å². The van der Waals surface area contributed by atoms with E-state index in [2.05, 4.69) is 32.8 Å². The molecule has 0 atom stereocenters. The maximum absolute atomic E-state index is 5.82. The summed E-state index contributed by atoms with van der Waals surface area (Å²) >= 11 is 0. The van der Waals surface area contributed by atoms with E-state index in [1.807, 2.05) is 0 Å². The average molecular weight is 185 g/mol. The van der Waals surface area contributed by atoms with Crippen LogP contribution in [0.5, 0.6) is 0 Å². The summed E-state index contributed by atoms with van der Waals surface area (Å²) in [7, 11) is 4.12. The first-order chi connectivity index (χ1) is 6.02. The predicted octanol–water partition coefficient (Wildman–Crippen LogP) is 2.49. The normalized spacial score (nSPS) is 19.2. The fourth-order valence-electron chi connectivity index (χ4n) is 1.39. The lowest BCUT2D eigenvalue weighted by Gasteiger charge is -2.34. The van der Waals surface area contributed by atoms with E-state index in [0.29, 0.717) is 0 Å². The highest BCUT2D eigenvalue weighted by molar-refractivity contribution is 4.70. The van der Waals surface area contributed by atoms with Gasteiger partial charge >= 0.3 is 0 Å². The summed E-state index contributed by atoms with van der Waals surface area (Å²) in [6.07, 6.45) is 5.52. The number of ether oxygens (including phenoxy) is 1. The van der Waals surface area contributed by atoms with Crippen LogP contribution in [0, 0.1) is 5.92 Å². The molecule has 1 fully saturated rings. The average Bonchev–Trinajstić information content (AvgIpc) is 1.94.